The number of nitrogens with zero attached hydrogens (tertiary/aromatic N) is 1. The van der Waals surface area contributed by atoms with Crippen LogP contribution in [0.15, 0.2) is 66.2 Å². The molecule has 2 aromatic carbocycles. The summed E-state index contributed by atoms with van der Waals surface area (Å²) >= 11 is 0. The number of carbonyl (C=O) groups is 1. The van der Waals surface area contributed by atoms with Gasteiger partial charge in [-0.1, -0.05) is 60.7 Å². The average molecular weight is 233 g/mol. The van der Waals surface area contributed by atoms with Crippen LogP contribution in [0.4, 0.5) is 0 Å². The van der Waals surface area contributed by atoms with Gasteiger partial charge in [-0.3, -0.25) is 4.79 Å². The molecule has 0 amide bonds. The minimum atomic E-state index is -0.248. The fourth-order valence-electron chi connectivity index (χ4n) is 1.61. The van der Waals surface area contributed by atoms with Gasteiger partial charge in [0.05, 0.1) is 0 Å². The van der Waals surface area contributed by atoms with Crippen molar-refractivity contribution in [2.45, 2.75) is 0 Å². The molecule has 2 aromatic rings. The van der Waals surface area contributed by atoms with E-state index in [1.54, 1.807) is 30.3 Å². The lowest BCUT2D eigenvalue weighted by Gasteiger charge is -1.99. The van der Waals surface area contributed by atoms with Gasteiger partial charge in [-0.15, -0.1) is 0 Å². The summed E-state index contributed by atoms with van der Waals surface area (Å²) in [6.45, 7) is 0. The first-order valence-corrected chi connectivity index (χ1v) is 5.58. The topological polar surface area (TPSA) is 40.9 Å². The number of benzene rings is 2. The van der Waals surface area contributed by atoms with Crippen molar-refractivity contribution in [3.63, 3.8) is 0 Å². The summed E-state index contributed by atoms with van der Waals surface area (Å²) in [5, 5.41) is 9.08. The third-order valence-corrected chi connectivity index (χ3v) is 2.51. The van der Waals surface area contributed by atoms with Gasteiger partial charge < -0.3 is 0 Å². The average Bonchev–Trinajstić information content (AvgIpc) is 2.46. The Morgan fingerprint density at radius 3 is 2.06 bits per heavy atom. The maximum absolute atomic E-state index is 12.1. The zero-order chi connectivity index (χ0) is 12.8. The summed E-state index contributed by atoms with van der Waals surface area (Å²) in [7, 11) is 0. The van der Waals surface area contributed by atoms with E-state index in [-0.39, 0.29) is 11.4 Å². The SMILES string of the molecule is N#C/C(=C\c1ccccc1)C(=O)c1ccccc1. The first kappa shape index (κ1) is 11.8. The van der Waals surface area contributed by atoms with Crippen LogP contribution in [-0.2, 0) is 0 Å². The highest BCUT2D eigenvalue weighted by molar-refractivity contribution is 6.13. The normalized spacial score (nSPS) is 10.7. The van der Waals surface area contributed by atoms with Gasteiger partial charge in [0.2, 0.25) is 5.78 Å². The fraction of sp³-hybridized carbons (Fsp3) is 0. The second-order valence-corrected chi connectivity index (χ2v) is 3.78. The van der Waals surface area contributed by atoms with Crippen molar-refractivity contribution < 1.29 is 4.79 Å². The molecule has 0 atom stereocenters. The lowest BCUT2D eigenvalue weighted by molar-refractivity contribution is 0.104. The van der Waals surface area contributed by atoms with E-state index in [0.717, 1.165) is 5.56 Å². The van der Waals surface area contributed by atoms with E-state index in [1.165, 1.54) is 0 Å². The van der Waals surface area contributed by atoms with Crippen molar-refractivity contribution in [2.24, 2.45) is 0 Å². The predicted molar refractivity (Wildman–Crippen MR) is 70.8 cm³/mol. The van der Waals surface area contributed by atoms with Crippen LogP contribution in [-0.4, -0.2) is 5.78 Å². The number of ketones is 1. The Balaban J connectivity index is 2.34. The molecule has 0 radical (unpaired) electrons. The molecule has 0 N–H and O–H groups in total. The zero-order valence-electron chi connectivity index (χ0n) is 9.71. The van der Waals surface area contributed by atoms with Crippen LogP contribution >= 0.6 is 0 Å². The quantitative estimate of drug-likeness (QED) is 0.462. The molecule has 0 saturated carbocycles. The molecular formula is C16H11NO. The van der Waals surface area contributed by atoms with Crippen molar-refractivity contribution >= 4 is 11.9 Å². The molecule has 86 valence electrons. The predicted octanol–water partition coefficient (Wildman–Crippen LogP) is 3.48. The van der Waals surface area contributed by atoms with Crippen LogP contribution < -0.4 is 0 Å². The van der Waals surface area contributed by atoms with Crippen LogP contribution in [0, 0.1) is 11.3 Å². The Morgan fingerprint density at radius 2 is 1.50 bits per heavy atom. The first-order chi connectivity index (χ1) is 8.81. The molecule has 0 unspecified atom stereocenters. The number of rotatable bonds is 3. The minimum absolute atomic E-state index is 0.146. The second-order valence-electron chi connectivity index (χ2n) is 3.78. The van der Waals surface area contributed by atoms with Crippen molar-refractivity contribution in [3.05, 3.63) is 77.4 Å². The highest BCUT2D eigenvalue weighted by Crippen LogP contribution is 2.12. The zero-order valence-corrected chi connectivity index (χ0v) is 9.71. The molecule has 2 nitrogen and oxygen atoms in total. The number of allylic oxidation sites excluding steroid dienone is 1. The molecule has 2 heteroatoms. The van der Waals surface area contributed by atoms with E-state index < -0.39 is 0 Å². The Kier molecular flexibility index (Phi) is 3.68. The Labute approximate surface area is 106 Å². The molecular weight excluding hydrogens is 222 g/mol. The molecule has 18 heavy (non-hydrogen) atoms. The van der Waals surface area contributed by atoms with E-state index in [1.807, 2.05) is 42.5 Å². The van der Waals surface area contributed by atoms with Gasteiger partial charge in [-0.05, 0) is 11.6 Å². The van der Waals surface area contributed by atoms with Gasteiger partial charge in [0, 0.05) is 5.56 Å². The van der Waals surface area contributed by atoms with Gasteiger partial charge in [-0.2, -0.15) is 5.26 Å². The number of hydrogen-bond acceptors (Lipinski definition) is 2. The molecule has 0 aliphatic heterocycles. The van der Waals surface area contributed by atoms with E-state index in [0.29, 0.717) is 5.56 Å². The van der Waals surface area contributed by atoms with Crippen LogP contribution in [0.3, 0.4) is 0 Å². The highest BCUT2D eigenvalue weighted by atomic mass is 16.1. The van der Waals surface area contributed by atoms with Crippen molar-refractivity contribution in [1.29, 1.82) is 5.26 Å². The van der Waals surface area contributed by atoms with Crippen LogP contribution in [0.2, 0.25) is 0 Å². The number of hydrogen-bond donors (Lipinski definition) is 0. The number of Topliss-reactive ketones (excluding diaryl/α,β-unsaturated/α-hetero) is 1. The third kappa shape index (κ3) is 2.72. The van der Waals surface area contributed by atoms with Crippen molar-refractivity contribution in [2.75, 3.05) is 0 Å². The van der Waals surface area contributed by atoms with Crippen LogP contribution in [0.5, 0.6) is 0 Å². The molecule has 0 aliphatic rings. The fourth-order valence-corrected chi connectivity index (χ4v) is 1.61. The molecule has 0 saturated heterocycles. The van der Waals surface area contributed by atoms with E-state index in [9.17, 15) is 4.79 Å². The first-order valence-electron chi connectivity index (χ1n) is 5.58. The second kappa shape index (κ2) is 5.60. The summed E-state index contributed by atoms with van der Waals surface area (Å²) in [6.07, 6.45) is 1.61. The number of nitriles is 1. The monoisotopic (exact) mass is 233 g/mol. The third-order valence-electron chi connectivity index (χ3n) is 2.51. The van der Waals surface area contributed by atoms with Gasteiger partial charge in [0.1, 0.15) is 11.6 Å². The molecule has 0 aromatic heterocycles. The summed E-state index contributed by atoms with van der Waals surface area (Å²) in [6, 6.07) is 20.1. The van der Waals surface area contributed by atoms with Gasteiger partial charge >= 0.3 is 0 Å². The van der Waals surface area contributed by atoms with Gasteiger partial charge in [0.25, 0.3) is 0 Å². The molecule has 0 aliphatic carbocycles. The Morgan fingerprint density at radius 1 is 0.944 bits per heavy atom. The lowest BCUT2D eigenvalue weighted by Crippen LogP contribution is -2.01. The van der Waals surface area contributed by atoms with Crippen LogP contribution in [0.1, 0.15) is 15.9 Å². The smallest absolute Gasteiger partial charge is 0.203 e. The molecule has 0 heterocycles. The van der Waals surface area contributed by atoms with Gasteiger partial charge in [0.15, 0.2) is 0 Å². The summed E-state index contributed by atoms with van der Waals surface area (Å²) < 4.78 is 0. The minimum Gasteiger partial charge on any atom is -0.288 e. The summed E-state index contributed by atoms with van der Waals surface area (Å²) in [5.41, 5.74) is 1.52. The standard InChI is InChI=1S/C16H11NO/c17-12-15(11-13-7-3-1-4-8-13)16(18)14-9-5-2-6-10-14/h1-11H/b15-11+. The number of carbonyl (C=O) groups excluding carboxylic acids is 1. The van der Waals surface area contributed by atoms with Crippen molar-refractivity contribution in [1.82, 2.24) is 0 Å². The van der Waals surface area contributed by atoms with E-state index in [4.69, 9.17) is 5.26 Å². The summed E-state index contributed by atoms with van der Waals surface area (Å²) in [4.78, 5) is 12.1. The Bertz CT molecular complexity index is 607. The molecule has 0 spiro atoms. The van der Waals surface area contributed by atoms with Crippen molar-refractivity contribution in [3.8, 4) is 6.07 Å². The lowest BCUT2D eigenvalue weighted by atomic mass is 10.0. The largest absolute Gasteiger partial charge is 0.288 e. The maximum Gasteiger partial charge on any atom is 0.203 e. The summed E-state index contributed by atoms with van der Waals surface area (Å²) in [5.74, 6) is -0.248. The molecule has 0 bridgehead atoms. The van der Waals surface area contributed by atoms with Crippen LogP contribution in [0.25, 0.3) is 6.08 Å². The molecule has 2 rings (SSSR count). The maximum atomic E-state index is 12.1. The van der Waals surface area contributed by atoms with E-state index in [2.05, 4.69) is 0 Å². The van der Waals surface area contributed by atoms with Gasteiger partial charge in [-0.25, -0.2) is 0 Å². The molecule has 0 fully saturated rings. The Hall–Kier alpha value is -2.66. The highest BCUT2D eigenvalue weighted by Gasteiger charge is 2.10. The van der Waals surface area contributed by atoms with E-state index >= 15 is 0 Å².